The van der Waals surface area contributed by atoms with Crippen LogP contribution in [0.3, 0.4) is 0 Å². The highest BCUT2D eigenvalue weighted by Gasteiger charge is 2.43. The van der Waals surface area contributed by atoms with Crippen LogP contribution in [0.5, 0.6) is 5.75 Å². The van der Waals surface area contributed by atoms with Crippen LogP contribution in [0.1, 0.15) is 73.6 Å². The largest absolute Gasteiger partial charge is 0.573 e. The first-order chi connectivity index (χ1) is 16.5. The number of alkyl halides is 3. The van der Waals surface area contributed by atoms with Gasteiger partial charge in [0.15, 0.2) is 0 Å². The summed E-state index contributed by atoms with van der Waals surface area (Å²) in [5.74, 6) is -0.146. The molecule has 1 aromatic carbocycles. The number of aromatic nitrogens is 2. The van der Waals surface area contributed by atoms with Crippen molar-refractivity contribution in [3.8, 4) is 11.4 Å². The third-order valence-corrected chi connectivity index (χ3v) is 7.61. The molecule has 2 aromatic rings. The number of piperidine rings is 1. The molecule has 1 saturated carbocycles. The number of benzene rings is 1. The smallest absolute Gasteiger partial charge is 0.406 e. The van der Waals surface area contributed by atoms with Gasteiger partial charge in [-0.3, -0.25) is 9.69 Å². The third-order valence-electron chi connectivity index (χ3n) is 7.61. The van der Waals surface area contributed by atoms with Crippen molar-refractivity contribution in [3.05, 3.63) is 41.2 Å². The normalized spacial score (nSPS) is 23.0. The summed E-state index contributed by atoms with van der Waals surface area (Å²) in [6, 6.07) is 6.27. The molecule has 5 rings (SSSR count). The van der Waals surface area contributed by atoms with Crippen LogP contribution in [0.15, 0.2) is 24.3 Å². The van der Waals surface area contributed by atoms with Crippen LogP contribution in [-0.4, -0.2) is 64.1 Å². The Morgan fingerprint density at radius 2 is 1.83 bits per heavy atom. The van der Waals surface area contributed by atoms with Gasteiger partial charge in [0.05, 0.1) is 22.6 Å². The first-order valence-electron chi connectivity index (χ1n) is 12.5. The van der Waals surface area contributed by atoms with Crippen molar-refractivity contribution >= 4 is 5.91 Å². The van der Waals surface area contributed by atoms with Crippen molar-refractivity contribution in [2.24, 2.45) is 5.41 Å². The van der Waals surface area contributed by atoms with Crippen LogP contribution in [0.4, 0.5) is 13.2 Å². The number of carbonyl (C=O) groups excluding carboxylic acids is 1. The van der Waals surface area contributed by atoms with Crippen LogP contribution < -0.4 is 4.74 Å². The van der Waals surface area contributed by atoms with Crippen LogP contribution in [-0.2, 0) is 0 Å². The number of rotatable bonds is 5. The first kappa shape index (κ1) is 24.2. The minimum Gasteiger partial charge on any atom is -0.406 e. The fourth-order valence-electron chi connectivity index (χ4n) is 5.96. The number of nitrogens with zero attached hydrogens (tertiary/aromatic N) is 4. The molecule has 1 amide bonds. The van der Waals surface area contributed by atoms with Gasteiger partial charge in [-0.1, -0.05) is 19.9 Å². The van der Waals surface area contributed by atoms with E-state index in [0.29, 0.717) is 36.1 Å². The van der Waals surface area contributed by atoms with Gasteiger partial charge in [-0.05, 0) is 69.7 Å². The maximum Gasteiger partial charge on any atom is 0.573 e. The summed E-state index contributed by atoms with van der Waals surface area (Å²) >= 11 is 0. The maximum atomic E-state index is 13.9. The fraction of sp³-hybridized carbons (Fsp3) is 0.615. The number of likely N-dealkylation sites (tertiary alicyclic amines) is 2. The predicted molar refractivity (Wildman–Crippen MR) is 126 cm³/mol. The van der Waals surface area contributed by atoms with E-state index < -0.39 is 6.36 Å². The summed E-state index contributed by atoms with van der Waals surface area (Å²) in [5, 5.41) is 4.63. The van der Waals surface area contributed by atoms with Gasteiger partial charge in [0.2, 0.25) is 0 Å². The lowest BCUT2D eigenvalue weighted by molar-refractivity contribution is -0.274. The Bertz CT molecular complexity index is 1100. The molecule has 1 unspecified atom stereocenters. The monoisotopic (exact) mass is 490 g/mol. The van der Waals surface area contributed by atoms with E-state index in [0.717, 1.165) is 38.0 Å². The van der Waals surface area contributed by atoms with Crippen LogP contribution in [0.2, 0.25) is 0 Å². The molecule has 1 aromatic heterocycles. The molecule has 190 valence electrons. The lowest BCUT2D eigenvalue weighted by atomic mass is 9.78. The molecule has 1 aliphatic carbocycles. The van der Waals surface area contributed by atoms with Crippen molar-refractivity contribution in [2.75, 3.05) is 26.2 Å². The Balaban J connectivity index is 1.43. The van der Waals surface area contributed by atoms with Gasteiger partial charge in [-0.2, -0.15) is 5.10 Å². The molecule has 9 heteroatoms. The molecule has 6 nitrogen and oxygen atoms in total. The zero-order chi connectivity index (χ0) is 25.0. The second-order valence-electron chi connectivity index (χ2n) is 10.8. The van der Waals surface area contributed by atoms with Crippen molar-refractivity contribution in [3.63, 3.8) is 0 Å². The molecule has 3 aliphatic rings. The third kappa shape index (κ3) is 4.92. The van der Waals surface area contributed by atoms with E-state index in [2.05, 4.69) is 28.6 Å². The summed E-state index contributed by atoms with van der Waals surface area (Å²) in [6.45, 7) is 9.96. The van der Waals surface area contributed by atoms with E-state index in [1.54, 1.807) is 10.7 Å². The highest BCUT2D eigenvalue weighted by molar-refractivity contribution is 5.97. The molecular formula is C26H33F3N4O2. The first-order valence-corrected chi connectivity index (χ1v) is 12.5. The van der Waals surface area contributed by atoms with Crippen molar-refractivity contribution < 1.29 is 22.7 Å². The average molecular weight is 491 g/mol. The topological polar surface area (TPSA) is 50.6 Å². The van der Waals surface area contributed by atoms with Gasteiger partial charge in [-0.25, -0.2) is 4.68 Å². The molecule has 0 bridgehead atoms. The van der Waals surface area contributed by atoms with E-state index >= 15 is 0 Å². The number of halogens is 3. The van der Waals surface area contributed by atoms with Gasteiger partial charge in [0.1, 0.15) is 5.75 Å². The van der Waals surface area contributed by atoms with Crippen molar-refractivity contribution in [2.45, 2.75) is 71.2 Å². The number of hydrogen-bond acceptors (Lipinski definition) is 4. The Morgan fingerprint density at radius 1 is 1.11 bits per heavy atom. The van der Waals surface area contributed by atoms with Crippen LogP contribution in [0.25, 0.3) is 5.69 Å². The van der Waals surface area contributed by atoms with Gasteiger partial charge in [-0.15, -0.1) is 13.2 Å². The second-order valence-corrected chi connectivity index (χ2v) is 10.8. The Hall–Kier alpha value is -2.55. The Kier molecular flexibility index (Phi) is 6.10. The minimum atomic E-state index is -4.77. The zero-order valence-corrected chi connectivity index (χ0v) is 20.6. The highest BCUT2D eigenvalue weighted by Crippen LogP contribution is 2.44. The lowest BCUT2D eigenvalue weighted by Gasteiger charge is -2.48. The van der Waals surface area contributed by atoms with E-state index in [9.17, 15) is 18.0 Å². The van der Waals surface area contributed by atoms with Crippen LogP contribution in [0, 0.1) is 12.3 Å². The summed E-state index contributed by atoms with van der Waals surface area (Å²) in [5.41, 5.74) is 2.45. The molecule has 0 radical (unpaired) electrons. The maximum absolute atomic E-state index is 13.9. The Morgan fingerprint density at radius 3 is 2.46 bits per heavy atom. The standard InChI is InChI=1S/C26H33F3N4O2/c1-17-22(24(34)32-14-11-21(25(2,3)16-32)31-12-4-5-13-31)23(18-9-10-18)33(30-17)19-7-6-8-20(15-19)35-26(27,28)29/h6-8,15,18,21H,4-5,9-14,16H2,1-3H3. The Labute approximate surface area is 204 Å². The van der Waals surface area contributed by atoms with Gasteiger partial charge < -0.3 is 9.64 Å². The summed E-state index contributed by atoms with van der Waals surface area (Å²) in [4.78, 5) is 18.4. The molecular weight excluding hydrogens is 457 g/mol. The van der Waals surface area contributed by atoms with Gasteiger partial charge >= 0.3 is 6.36 Å². The predicted octanol–water partition coefficient (Wildman–Crippen LogP) is 5.29. The van der Waals surface area contributed by atoms with Gasteiger partial charge in [0.25, 0.3) is 5.91 Å². The molecule has 3 fully saturated rings. The number of amides is 1. The number of ether oxygens (including phenoxy) is 1. The second kappa shape index (κ2) is 8.84. The van der Waals surface area contributed by atoms with E-state index in [4.69, 9.17) is 0 Å². The van der Waals surface area contributed by atoms with E-state index in [1.165, 1.54) is 31.0 Å². The summed E-state index contributed by atoms with van der Waals surface area (Å²) in [7, 11) is 0. The summed E-state index contributed by atoms with van der Waals surface area (Å²) < 4.78 is 44.1. The lowest BCUT2D eigenvalue weighted by Crippen LogP contribution is -2.56. The number of hydrogen-bond donors (Lipinski definition) is 0. The zero-order valence-electron chi connectivity index (χ0n) is 20.6. The van der Waals surface area contributed by atoms with Crippen molar-refractivity contribution in [1.82, 2.24) is 19.6 Å². The van der Waals surface area contributed by atoms with E-state index in [-0.39, 0.29) is 23.0 Å². The molecule has 0 N–H and O–H groups in total. The van der Waals surface area contributed by atoms with E-state index in [1.807, 2.05) is 11.8 Å². The fourth-order valence-corrected chi connectivity index (χ4v) is 5.96. The molecule has 2 saturated heterocycles. The molecule has 35 heavy (non-hydrogen) atoms. The quantitative estimate of drug-likeness (QED) is 0.571. The summed E-state index contributed by atoms with van der Waals surface area (Å²) in [6.07, 6.45) is 0.537. The van der Waals surface area contributed by atoms with Gasteiger partial charge in [0, 0.05) is 31.1 Å². The molecule has 1 atom stereocenters. The number of carbonyl (C=O) groups is 1. The highest BCUT2D eigenvalue weighted by atomic mass is 19.4. The SMILES string of the molecule is Cc1nn(-c2cccc(OC(F)(F)F)c2)c(C2CC2)c1C(=O)N1CCC(N2CCCC2)C(C)(C)C1. The minimum absolute atomic E-state index is 0.0220. The average Bonchev–Trinajstić information content (AvgIpc) is 3.34. The molecule has 2 aliphatic heterocycles. The number of aryl methyl sites for hydroxylation is 1. The molecule has 0 spiro atoms. The van der Waals surface area contributed by atoms with Crippen LogP contribution >= 0.6 is 0 Å². The van der Waals surface area contributed by atoms with Crippen molar-refractivity contribution in [1.29, 1.82) is 0 Å². The molecule has 3 heterocycles.